The van der Waals surface area contributed by atoms with Crippen molar-refractivity contribution in [3.05, 3.63) is 91.1 Å². The Morgan fingerprint density at radius 1 is 0.833 bits per heavy atom. The summed E-state index contributed by atoms with van der Waals surface area (Å²) >= 11 is 1.67. The maximum Gasteiger partial charge on any atom is 0.175 e. The summed E-state index contributed by atoms with van der Waals surface area (Å²) < 4.78 is 25.7. The van der Waals surface area contributed by atoms with Crippen molar-refractivity contribution in [2.24, 2.45) is 0 Å². The number of sulfone groups is 1. The van der Waals surface area contributed by atoms with E-state index in [0.29, 0.717) is 4.90 Å². The minimum atomic E-state index is -3.24. The summed E-state index contributed by atoms with van der Waals surface area (Å²) in [6, 6.07) is 27.5. The van der Waals surface area contributed by atoms with E-state index in [0.717, 1.165) is 26.8 Å². The van der Waals surface area contributed by atoms with E-state index < -0.39 is 9.84 Å². The van der Waals surface area contributed by atoms with E-state index in [9.17, 15) is 8.42 Å². The van der Waals surface area contributed by atoms with Crippen molar-refractivity contribution in [2.75, 3.05) is 6.26 Å². The molecule has 2 aromatic heterocycles. The van der Waals surface area contributed by atoms with Gasteiger partial charge in [-0.2, -0.15) is 0 Å². The van der Waals surface area contributed by atoms with Crippen molar-refractivity contribution < 1.29 is 8.42 Å². The van der Waals surface area contributed by atoms with Crippen molar-refractivity contribution in [1.82, 2.24) is 9.38 Å². The quantitative estimate of drug-likeness (QED) is 0.366. The van der Waals surface area contributed by atoms with Gasteiger partial charge in [0.1, 0.15) is 16.4 Å². The van der Waals surface area contributed by atoms with Gasteiger partial charge in [0.15, 0.2) is 9.84 Å². The molecule has 0 atom stereocenters. The molecule has 0 saturated carbocycles. The molecule has 0 unspecified atom stereocenters. The Hall–Kier alpha value is -3.09. The maximum absolute atomic E-state index is 11.8. The summed E-state index contributed by atoms with van der Waals surface area (Å²) in [7, 11) is -3.24. The first-order valence-corrected chi connectivity index (χ1v) is 12.1. The number of hydrogen-bond acceptors (Lipinski definition) is 4. The average molecular weight is 431 g/mol. The van der Waals surface area contributed by atoms with Crippen LogP contribution in [0.15, 0.2) is 106 Å². The lowest BCUT2D eigenvalue weighted by atomic mass is 10.1. The highest BCUT2D eigenvalue weighted by Gasteiger charge is 2.17. The number of rotatable bonds is 4. The summed E-state index contributed by atoms with van der Waals surface area (Å²) in [6.45, 7) is 0. The fourth-order valence-corrected chi connectivity index (χ4v) is 5.30. The van der Waals surface area contributed by atoms with Gasteiger partial charge in [-0.1, -0.05) is 66.4 Å². The predicted octanol–water partition coefficient (Wildman–Crippen LogP) is 5.71. The van der Waals surface area contributed by atoms with E-state index in [1.807, 2.05) is 48.7 Å². The zero-order valence-corrected chi connectivity index (χ0v) is 17.8. The van der Waals surface area contributed by atoms with Crippen LogP contribution < -0.4 is 0 Å². The van der Waals surface area contributed by atoms with Gasteiger partial charge in [0.25, 0.3) is 0 Å². The minimum Gasteiger partial charge on any atom is -0.294 e. The van der Waals surface area contributed by atoms with Crippen LogP contribution in [0, 0.1) is 0 Å². The van der Waals surface area contributed by atoms with Gasteiger partial charge >= 0.3 is 0 Å². The highest BCUT2D eigenvalue weighted by molar-refractivity contribution is 7.99. The fraction of sp³-hybridized carbons (Fsp3) is 0.0417. The minimum absolute atomic E-state index is 0.304. The number of imidazole rings is 1. The predicted molar refractivity (Wildman–Crippen MR) is 122 cm³/mol. The van der Waals surface area contributed by atoms with Gasteiger partial charge in [-0.3, -0.25) is 4.40 Å². The van der Waals surface area contributed by atoms with Crippen LogP contribution >= 0.6 is 11.8 Å². The zero-order valence-electron chi connectivity index (χ0n) is 16.2. The summed E-state index contributed by atoms with van der Waals surface area (Å²) in [4.78, 5) is 6.29. The lowest BCUT2D eigenvalue weighted by Gasteiger charge is -2.09. The van der Waals surface area contributed by atoms with Crippen LogP contribution in [-0.4, -0.2) is 24.1 Å². The third-order valence-corrected chi connectivity index (χ3v) is 7.29. The van der Waals surface area contributed by atoms with Crippen molar-refractivity contribution in [2.45, 2.75) is 14.8 Å². The maximum atomic E-state index is 11.8. The van der Waals surface area contributed by atoms with Crippen molar-refractivity contribution in [3.8, 4) is 11.3 Å². The topological polar surface area (TPSA) is 51.4 Å². The van der Waals surface area contributed by atoms with E-state index in [-0.39, 0.29) is 0 Å². The highest BCUT2D eigenvalue weighted by Crippen LogP contribution is 2.39. The monoisotopic (exact) mass is 430 g/mol. The molecule has 0 N–H and O–H groups in total. The molecule has 30 heavy (non-hydrogen) atoms. The van der Waals surface area contributed by atoms with Crippen LogP contribution in [0.25, 0.3) is 27.7 Å². The molecule has 5 rings (SSSR count). The molecule has 0 saturated heterocycles. The van der Waals surface area contributed by atoms with Crippen molar-refractivity contribution in [1.29, 1.82) is 0 Å². The molecule has 3 aromatic carbocycles. The number of nitrogens with zero attached hydrogens (tertiary/aromatic N) is 2. The van der Waals surface area contributed by atoms with Gasteiger partial charge < -0.3 is 0 Å². The lowest BCUT2D eigenvalue weighted by Crippen LogP contribution is -1.96. The van der Waals surface area contributed by atoms with Gasteiger partial charge in [0.05, 0.1) is 4.90 Å². The Bertz CT molecular complexity index is 1480. The van der Waals surface area contributed by atoms with Gasteiger partial charge in [0, 0.05) is 22.9 Å². The highest BCUT2D eigenvalue weighted by atomic mass is 32.2. The molecule has 0 aliphatic carbocycles. The molecule has 0 spiro atoms. The number of fused-ring (bicyclic) bond motifs is 2. The van der Waals surface area contributed by atoms with Gasteiger partial charge in [-0.15, -0.1) is 0 Å². The van der Waals surface area contributed by atoms with E-state index >= 15 is 0 Å². The van der Waals surface area contributed by atoms with Gasteiger partial charge in [0.2, 0.25) is 0 Å². The smallest absolute Gasteiger partial charge is 0.175 e. The summed E-state index contributed by atoms with van der Waals surface area (Å²) in [5.41, 5.74) is 2.57. The normalized spacial score (nSPS) is 11.9. The molecule has 0 amide bonds. The molecule has 0 bridgehead atoms. The second-order valence-electron chi connectivity index (χ2n) is 7.07. The first-order chi connectivity index (χ1) is 14.5. The summed E-state index contributed by atoms with van der Waals surface area (Å²) in [6.07, 6.45) is 3.22. The van der Waals surface area contributed by atoms with E-state index in [1.165, 1.54) is 17.0 Å². The van der Waals surface area contributed by atoms with Gasteiger partial charge in [-0.25, -0.2) is 13.4 Å². The van der Waals surface area contributed by atoms with E-state index in [2.05, 4.69) is 34.7 Å². The standard InChI is InChI=1S/C24H18N2O2S2/c1-30(27,28)19-14-12-18(13-15-19)23-24(26-16-5-4-11-22(26)25-23)29-21-10-6-8-17-7-2-3-9-20(17)21/h2-16H,1H3. The Labute approximate surface area is 179 Å². The Morgan fingerprint density at radius 2 is 1.57 bits per heavy atom. The molecule has 0 aliphatic heterocycles. The van der Waals surface area contributed by atoms with Crippen LogP contribution in [0.3, 0.4) is 0 Å². The van der Waals surface area contributed by atoms with Crippen molar-refractivity contribution >= 4 is 38.0 Å². The molecule has 0 aliphatic rings. The molecule has 0 fully saturated rings. The van der Waals surface area contributed by atoms with Crippen LogP contribution in [0.1, 0.15) is 0 Å². The summed E-state index contributed by atoms with van der Waals surface area (Å²) in [5, 5.41) is 3.37. The first kappa shape index (κ1) is 18.9. The second kappa shape index (κ2) is 7.31. The molecule has 148 valence electrons. The largest absolute Gasteiger partial charge is 0.294 e. The average Bonchev–Trinajstić information content (AvgIpc) is 3.12. The Kier molecular flexibility index (Phi) is 4.60. The third-order valence-electron chi connectivity index (χ3n) is 5.00. The number of pyridine rings is 1. The SMILES string of the molecule is CS(=O)(=O)c1ccc(-c2nc3ccccn3c2Sc2cccc3ccccc23)cc1. The zero-order chi connectivity index (χ0) is 20.7. The molecular formula is C24H18N2O2S2. The van der Waals surface area contributed by atoms with Gasteiger partial charge in [-0.05, 0) is 41.1 Å². The molecule has 5 aromatic rings. The van der Waals surface area contributed by atoms with Crippen LogP contribution in [0.5, 0.6) is 0 Å². The number of aromatic nitrogens is 2. The molecule has 4 nitrogen and oxygen atoms in total. The first-order valence-electron chi connectivity index (χ1n) is 9.44. The summed E-state index contributed by atoms with van der Waals surface area (Å²) in [5.74, 6) is 0. The molecular weight excluding hydrogens is 412 g/mol. The fourth-order valence-electron chi connectivity index (χ4n) is 3.51. The molecule has 0 radical (unpaired) electrons. The van der Waals surface area contributed by atoms with Crippen molar-refractivity contribution in [3.63, 3.8) is 0 Å². The van der Waals surface area contributed by atoms with Crippen LogP contribution in [0.4, 0.5) is 0 Å². The number of benzene rings is 3. The van der Waals surface area contributed by atoms with Crippen LogP contribution in [-0.2, 0) is 9.84 Å². The Balaban J connectivity index is 1.68. The molecule has 2 heterocycles. The third kappa shape index (κ3) is 3.38. The lowest BCUT2D eigenvalue weighted by molar-refractivity contribution is 0.602. The van der Waals surface area contributed by atoms with E-state index in [1.54, 1.807) is 23.9 Å². The molecule has 6 heteroatoms. The number of hydrogen-bond donors (Lipinski definition) is 0. The van der Waals surface area contributed by atoms with E-state index in [4.69, 9.17) is 4.98 Å². The van der Waals surface area contributed by atoms with Crippen LogP contribution in [0.2, 0.25) is 0 Å². The second-order valence-corrected chi connectivity index (χ2v) is 10.1. The Morgan fingerprint density at radius 3 is 2.37 bits per heavy atom.